The van der Waals surface area contributed by atoms with Crippen molar-refractivity contribution >= 4 is 40.7 Å². The highest BCUT2D eigenvalue weighted by atomic mass is 35.5. The monoisotopic (exact) mass is 305 g/mol. The van der Waals surface area contributed by atoms with Crippen LogP contribution in [0.1, 0.15) is 0 Å². The fourth-order valence-corrected chi connectivity index (χ4v) is 2.59. The van der Waals surface area contributed by atoms with Crippen molar-refractivity contribution in [2.75, 3.05) is 5.73 Å². The average Bonchev–Trinajstić information content (AvgIpc) is 2.34. The van der Waals surface area contributed by atoms with Crippen LogP contribution in [0.15, 0.2) is 40.1 Å². The van der Waals surface area contributed by atoms with Gasteiger partial charge in [-0.1, -0.05) is 35.0 Å². The van der Waals surface area contributed by atoms with Gasteiger partial charge in [0, 0.05) is 10.6 Å². The summed E-state index contributed by atoms with van der Waals surface area (Å²) in [6.07, 6.45) is 0. The molecule has 94 valence electrons. The van der Waals surface area contributed by atoms with Crippen molar-refractivity contribution in [1.82, 2.24) is 0 Å². The second kappa shape index (κ2) is 5.34. The Balaban J connectivity index is 2.39. The Morgan fingerprint density at radius 2 is 1.72 bits per heavy atom. The lowest BCUT2D eigenvalue weighted by Crippen LogP contribution is -1.95. The minimum Gasteiger partial charge on any atom is -0.398 e. The van der Waals surface area contributed by atoms with Crippen molar-refractivity contribution < 1.29 is 8.78 Å². The third kappa shape index (κ3) is 2.71. The molecule has 0 aromatic heterocycles. The van der Waals surface area contributed by atoms with E-state index in [0.29, 0.717) is 14.9 Å². The molecular weight excluding hydrogens is 299 g/mol. The van der Waals surface area contributed by atoms with Gasteiger partial charge in [0.05, 0.1) is 14.9 Å². The van der Waals surface area contributed by atoms with Gasteiger partial charge in [-0.25, -0.2) is 8.78 Å². The summed E-state index contributed by atoms with van der Waals surface area (Å²) >= 11 is 12.6. The van der Waals surface area contributed by atoms with Crippen molar-refractivity contribution in [2.24, 2.45) is 0 Å². The largest absolute Gasteiger partial charge is 0.398 e. The van der Waals surface area contributed by atoms with E-state index in [0.717, 1.165) is 17.8 Å². The quantitative estimate of drug-likeness (QED) is 0.790. The summed E-state index contributed by atoms with van der Waals surface area (Å²) < 4.78 is 26.7. The molecule has 0 bridgehead atoms. The first-order valence-electron chi connectivity index (χ1n) is 4.85. The summed E-state index contributed by atoms with van der Waals surface area (Å²) in [4.78, 5) is 0.661. The average molecular weight is 306 g/mol. The van der Waals surface area contributed by atoms with Gasteiger partial charge >= 0.3 is 0 Å². The van der Waals surface area contributed by atoms with Crippen LogP contribution >= 0.6 is 35.0 Å². The van der Waals surface area contributed by atoms with Crippen LogP contribution in [0.4, 0.5) is 14.5 Å². The molecule has 0 aliphatic heterocycles. The van der Waals surface area contributed by atoms with E-state index < -0.39 is 11.6 Å². The lowest BCUT2D eigenvalue weighted by Gasteiger charge is -2.08. The second-order valence-electron chi connectivity index (χ2n) is 3.46. The third-order valence-electron chi connectivity index (χ3n) is 2.19. The van der Waals surface area contributed by atoms with Crippen LogP contribution in [0.5, 0.6) is 0 Å². The first kappa shape index (κ1) is 13.5. The van der Waals surface area contributed by atoms with Gasteiger partial charge in [0.2, 0.25) is 0 Å². The Bertz CT molecular complexity index is 605. The van der Waals surface area contributed by atoms with Gasteiger partial charge < -0.3 is 5.73 Å². The van der Waals surface area contributed by atoms with Gasteiger partial charge in [0.15, 0.2) is 11.6 Å². The number of hydrogen-bond donors (Lipinski definition) is 1. The van der Waals surface area contributed by atoms with E-state index in [1.807, 2.05) is 0 Å². The molecule has 2 N–H and O–H groups in total. The van der Waals surface area contributed by atoms with E-state index in [4.69, 9.17) is 28.9 Å². The highest BCUT2D eigenvalue weighted by molar-refractivity contribution is 7.99. The zero-order chi connectivity index (χ0) is 13.3. The molecule has 6 heteroatoms. The molecule has 0 radical (unpaired) electrons. The van der Waals surface area contributed by atoms with E-state index in [-0.39, 0.29) is 10.6 Å². The van der Waals surface area contributed by atoms with Crippen LogP contribution in [-0.4, -0.2) is 0 Å². The second-order valence-corrected chi connectivity index (χ2v) is 5.36. The van der Waals surface area contributed by atoms with E-state index in [9.17, 15) is 8.78 Å². The van der Waals surface area contributed by atoms with Crippen LogP contribution in [0, 0.1) is 11.6 Å². The van der Waals surface area contributed by atoms with Gasteiger partial charge in [-0.15, -0.1) is 0 Å². The number of rotatable bonds is 2. The Hall–Kier alpha value is -0.970. The molecule has 0 saturated heterocycles. The summed E-state index contributed by atoms with van der Waals surface area (Å²) in [5.41, 5.74) is 5.79. The molecule has 0 aliphatic rings. The molecule has 2 rings (SSSR count). The highest BCUT2D eigenvalue weighted by Crippen LogP contribution is 2.37. The van der Waals surface area contributed by atoms with Crippen LogP contribution in [0.25, 0.3) is 0 Å². The van der Waals surface area contributed by atoms with Crippen LogP contribution < -0.4 is 5.73 Å². The van der Waals surface area contributed by atoms with Crippen molar-refractivity contribution in [3.63, 3.8) is 0 Å². The van der Waals surface area contributed by atoms with E-state index >= 15 is 0 Å². The normalized spacial score (nSPS) is 10.7. The molecule has 0 unspecified atom stereocenters. The molecule has 1 nitrogen and oxygen atoms in total. The number of halogens is 4. The number of nitrogens with two attached hydrogens (primary N) is 1. The van der Waals surface area contributed by atoms with E-state index in [1.54, 1.807) is 18.2 Å². The summed E-state index contributed by atoms with van der Waals surface area (Å²) in [5, 5.41) is 0.741. The molecule has 0 saturated carbocycles. The molecule has 0 spiro atoms. The van der Waals surface area contributed by atoms with Crippen molar-refractivity contribution in [1.29, 1.82) is 0 Å². The number of hydrogen-bond acceptors (Lipinski definition) is 2. The SMILES string of the molecule is Nc1ccc(F)c(F)c1Sc1ccc(Cl)c(Cl)c1. The predicted molar refractivity (Wildman–Crippen MR) is 71.4 cm³/mol. The molecule has 0 amide bonds. The first-order chi connectivity index (χ1) is 8.49. The molecule has 0 aliphatic carbocycles. The van der Waals surface area contributed by atoms with Crippen molar-refractivity contribution in [2.45, 2.75) is 9.79 Å². The zero-order valence-corrected chi connectivity index (χ0v) is 11.2. The topological polar surface area (TPSA) is 26.0 Å². The summed E-state index contributed by atoms with van der Waals surface area (Å²) in [5.74, 6) is -1.90. The third-order valence-corrected chi connectivity index (χ3v) is 4.04. The minimum atomic E-state index is -0.967. The van der Waals surface area contributed by atoms with Gasteiger partial charge in [0.25, 0.3) is 0 Å². The summed E-state index contributed by atoms with van der Waals surface area (Å²) in [6.45, 7) is 0. The maximum absolute atomic E-state index is 13.6. The van der Waals surface area contributed by atoms with Crippen molar-refractivity contribution in [3.8, 4) is 0 Å². The first-order valence-corrected chi connectivity index (χ1v) is 6.42. The molecule has 2 aromatic carbocycles. The number of anilines is 1. The number of benzene rings is 2. The zero-order valence-electron chi connectivity index (χ0n) is 8.88. The Morgan fingerprint density at radius 3 is 2.39 bits per heavy atom. The van der Waals surface area contributed by atoms with Crippen LogP contribution in [0.3, 0.4) is 0 Å². The molecule has 18 heavy (non-hydrogen) atoms. The molecule has 0 heterocycles. The molecule has 2 aromatic rings. The lowest BCUT2D eigenvalue weighted by molar-refractivity contribution is 0.492. The number of nitrogen functional groups attached to an aromatic ring is 1. The highest BCUT2D eigenvalue weighted by Gasteiger charge is 2.13. The molecule has 0 atom stereocenters. The van der Waals surface area contributed by atoms with Crippen LogP contribution in [0.2, 0.25) is 10.0 Å². The van der Waals surface area contributed by atoms with Gasteiger partial charge in [-0.2, -0.15) is 0 Å². The van der Waals surface area contributed by atoms with Gasteiger partial charge in [0.1, 0.15) is 0 Å². The van der Waals surface area contributed by atoms with E-state index in [2.05, 4.69) is 0 Å². The smallest absolute Gasteiger partial charge is 0.174 e. The fraction of sp³-hybridized carbons (Fsp3) is 0. The maximum atomic E-state index is 13.6. The Labute approximate surface area is 117 Å². The van der Waals surface area contributed by atoms with Crippen LogP contribution in [-0.2, 0) is 0 Å². The Morgan fingerprint density at radius 1 is 1.00 bits per heavy atom. The predicted octanol–water partition coefficient (Wildman–Crippen LogP) is 5.01. The van der Waals surface area contributed by atoms with Crippen molar-refractivity contribution in [3.05, 3.63) is 52.0 Å². The summed E-state index contributed by atoms with van der Waals surface area (Å²) in [6, 6.07) is 7.11. The minimum absolute atomic E-state index is 0.0355. The van der Waals surface area contributed by atoms with E-state index in [1.165, 1.54) is 6.07 Å². The molecular formula is C12H7Cl2F2NS. The standard InChI is InChI=1S/C12H7Cl2F2NS/c13-7-2-1-6(5-8(7)14)18-12-10(17)4-3-9(15)11(12)16/h1-5H,17H2. The van der Waals surface area contributed by atoms with Gasteiger partial charge in [-0.3, -0.25) is 0 Å². The van der Waals surface area contributed by atoms with Gasteiger partial charge in [-0.05, 0) is 30.3 Å². The lowest BCUT2D eigenvalue weighted by atomic mass is 10.3. The summed E-state index contributed by atoms with van der Waals surface area (Å²) in [7, 11) is 0. The molecule has 0 fully saturated rings. The fourth-order valence-electron chi connectivity index (χ4n) is 1.31. The Kier molecular flexibility index (Phi) is 4.00. The maximum Gasteiger partial charge on any atom is 0.174 e.